The second-order valence-corrected chi connectivity index (χ2v) is 4.25. The van der Waals surface area contributed by atoms with Crippen LogP contribution in [0.1, 0.15) is 6.42 Å². The van der Waals surface area contributed by atoms with Crippen molar-refractivity contribution in [2.75, 3.05) is 13.2 Å². The molecule has 4 heteroatoms. The predicted molar refractivity (Wildman–Crippen MR) is 42.8 cm³/mol. The molecular formula is C9H14O4. The highest BCUT2D eigenvalue weighted by Crippen LogP contribution is 2.48. The first-order valence-corrected chi connectivity index (χ1v) is 4.88. The number of aliphatic hydroxyl groups excluding tert-OH is 2. The van der Waals surface area contributed by atoms with E-state index in [4.69, 9.17) is 9.47 Å². The molecule has 0 aromatic rings. The molecule has 2 heterocycles. The van der Waals surface area contributed by atoms with Crippen LogP contribution >= 0.6 is 0 Å². The third kappa shape index (κ3) is 0.944. The molecule has 0 amide bonds. The van der Waals surface area contributed by atoms with Crippen LogP contribution in [-0.2, 0) is 9.47 Å². The lowest BCUT2D eigenvalue weighted by atomic mass is 9.87. The van der Waals surface area contributed by atoms with E-state index in [9.17, 15) is 10.2 Å². The average molecular weight is 186 g/mol. The highest BCUT2D eigenvalue weighted by Gasteiger charge is 2.57. The van der Waals surface area contributed by atoms with Gasteiger partial charge in [-0.2, -0.15) is 0 Å². The first kappa shape index (κ1) is 8.17. The van der Waals surface area contributed by atoms with Crippen molar-refractivity contribution in [1.82, 2.24) is 0 Å². The summed E-state index contributed by atoms with van der Waals surface area (Å²) >= 11 is 0. The number of rotatable bonds is 0. The summed E-state index contributed by atoms with van der Waals surface area (Å²) in [4.78, 5) is 0. The molecule has 2 saturated heterocycles. The van der Waals surface area contributed by atoms with Crippen molar-refractivity contribution in [1.29, 1.82) is 0 Å². The first-order valence-electron chi connectivity index (χ1n) is 4.88. The molecule has 2 N–H and O–H groups in total. The van der Waals surface area contributed by atoms with Crippen molar-refractivity contribution in [3.05, 3.63) is 0 Å². The van der Waals surface area contributed by atoms with Gasteiger partial charge in [0.2, 0.25) is 0 Å². The van der Waals surface area contributed by atoms with Crippen LogP contribution in [-0.4, -0.2) is 41.9 Å². The summed E-state index contributed by atoms with van der Waals surface area (Å²) in [6, 6.07) is 0. The van der Waals surface area contributed by atoms with Crippen LogP contribution in [0, 0.1) is 17.8 Å². The average Bonchev–Trinajstić information content (AvgIpc) is 2.67. The van der Waals surface area contributed by atoms with E-state index in [-0.39, 0.29) is 24.0 Å². The molecule has 0 aromatic carbocycles. The maximum atomic E-state index is 9.75. The van der Waals surface area contributed by atoms with Gasteiger partial charge in [-0.25, -0.2) is 0 Å². The lowest BCUT2D eigenvalue weighted by Gasteiger charge is -2.30. The van der Waals surface area contributed by atoms with Gasteiger partial charge < -0.3 is 19.7 Å². The lowest BCUT2D eigenvalue weighted by Crippen LogP contribution is -2.36. The summed E-state index contributed by atoms with van der Waals surface area (Å²) in [7, 11) is 0. The zero-order chi connectivity index (χ0) is 9.00. The number of ether oxygens (including phenoxy) is 2. The summed E-state index contributed by atoms with van der Waals surface area (Å²) in [5.41, 5.74) is 0. The van der Waals surface area contributed by atoms with Gasteiger partial charge in [-0.05, 0) is 12.3 Å². The molecule has 4 nitrogen and oxygen atoms in total. The van der Waals surface area contributed by atoms with Crippen molar-refractivity contribution >= 4 is 0 Å². The first-order chi connectivity index (χ1) is 6.29. The van der Waals surface area contributed by atoms with Crippen molar-refractivity contribution in [2.45, 2.75) is 24.9 Å². The van der Waals surface area contributed by atoms with E-state index in [1.165, 1.54) is 0 Å². The topological polar surface area (TPSA) is 58.9 Å². The monoisotopic (exact) mass is 186 g/mol. The Morgan fingerprint density at radius 3 is 2.62 bits per heavy atom. The maximum Gasteiger partial charge on any atom is 0.161 e. The second-order valence-electron chi connectivity index (χ2n) is 4.25. The molecule has 1 saturated carbocycles. The van der Waals surface area contributed by atoms with Crippen LogP contribution in [0.5, 0.6) is 0 Å². The van der Waals surface area contributed by atoms with Crippen LogP contribution in [0.4, 0.5) is 0 Å². The van der Waals surface area contributed by atoms with Gasteiger partial charge in [-0.15, -0.1) is 0 Å². The molecule has 0 radical (unpaired) electrons. The predicted octanol–water partition coefficient (Wildman–Crippen LogP) is -0.653. The van der Waals surface area contributed by atoms with E-state index in [1.807, 2.05) is 0 Å². The lowest BCUT2D eigenvalue weighted by molar-refractivity contribution is -0.175. The van der Waals surface area contributed by atoms with E-state index in [2.05, 4.69) is 0 Å². The molecule has 0 bridgehead atoms. The van der Waals surface area contributed by atoms with E-state index in [0.29, 0.717) is 13.2 Å². The van der Waals surface area contributed by atoms with Crippen LogP contribution in [0.3, 0.4) is 0 Å². The minimum absolute atomic E-state index is 0.0882. The number of hydrogen-bond acceptors (Lipinski definition) is 4. The Balaban J connectivity index is 1.92. The van der Waals surface area contributed by atoms with Crippen LogP contribution < -0.4 is 0 Å². The van der Waals surface area contributed by atoms with E-state index < -0.39 is 12.2 Å². The maximum absolute atomic E-state index is 9.75. The molecule has 13 heavy (non-hydrogen) atoms. The normalized spacial score (nSPS) is 59.5. The van der Waals surface area contributed by atoms with Crippen LogP contribution in [0.25, 0.3) is 0 Å². The Kier molecular flexibility index (Phi) is 1.68. The third-order valence-corrected chi connectivity index (χ3v) is 3.72. The third-order valence-electron chi connectivity index (χ3n) is 3.72. The zero-order valence-corrected chi connectivity index (χ0v) is 7.30. The van der Waals surface area contributed by atoms with Crippen molar-refractivity contribution in [3.63, 3.8) is 0 Å². The zero-order valence-electron chi connectivity index (χ0n) is 7.30. The Bertz CT molecular complexity index is 218. The Morgan fingerprint density at radius 1 is 1.00 bits per heavy atom. The SMILES string of the molecule is O[C@@H]1[C@@H](O)[C@@H]2CCO[C@@H]3OC[C@H]1[C@@H]32. The van der Waals surface area contributed by atoms with Crippen molar-refractivity contribution in [3.8, 4) is 0 Å². The minimum Gasteiger partial charge on any atom is -0.390 e. The van der Waals surface area contributed by atoms with Gasteiger partial charge >= 0.3 is 0 Å². The van der Waals surface area contributed by atoms with Gasteiger partial charge in [0, 0.05) is 11.8 Å². The second kappa shape index (κ2) is 2.67. The van der Waals surface area contributed by atoms with Crippen LogP contribution in [0.2, 0.25) is 0 Å². The highest BCUT2D eigenvalue weighted by atomic mass is 16.7. The molecular weight excluding hydrogens is 172 g/mol. The van der Waals surface area contributed by atoms with E-state index in [0.717, 1.165) is 6.42 Å². The fourth-order valence-electron chi connectivity index (χ4n) is 3.05. The standard InChI is InChI=1S/C9H14O4/c10-7-4-1-2-12-9-6(4)5(3-13-9)8(7)11/h4-11H,1-3H2/t4-,5+,6+,7+,8+,9-/m1/s1. The van der Waals surface area contributed by atoms with Crippen molar-refractivity contribution in [2.24, 2.45) is 17.8 Å². The largest absolute Gasteiger partial charge is 0.390 e. The minimum atomic E-state index is -0.610. The number of aliphatic hydroxyl groups is 2. The molecule has 2 aliphatic heterocycles. The quantitative estimate of drug-likeness (QED) is 0.527. The van der Waals surface area contributed by atoms with Gasteiger partial charge in [0.1, 0.15) is 0 Å². The number of hydrogen-bond donors (Lipinski definition) is 2. The molecule has 3 rings (SSSR count). The Hall–Kier alpha value is -0.160. The van der Waals surface area contributed by atoms with Gasteiger partial charge in [-0.3, -0.25) is 0 Å². The molecule has 0 spiro atoms. The molecule has 1 aliphatic carbocycles. The van der Waals surface area contributed by atoms with E-state index in [1.54, 1.807) is 0 Å². The van der Waals surface area contributed by atoms with Gasteiger partial charge in [0.25, 0.3) is 0 Å². The highest BCUT2D eigenvalue weighted by molar-refractivity contribution is 5.02. The summed E-state index contributed by atoms with van der Waals surface area (Å²) in [6.45, 7) is 1.17. The summed E-state index contributed by atoms with van der Waals surface area (Å²) in [6.07, 6.45) is -0.498. The van der Waals surface area contributed by atoms with E-state index >= 15 is 0 Å². The fourth-order valence-corrected chi connectivity index (χ4v) is 3.05. The summed E-state index contributed by atoms with van der Waals surface area (Å²) < 4.78 is 10.9. The molecule has 0 aromatic heterocycles. The Morgan fingerprint density at radius 2 is 1.77 bits per heavy atom. The summed E-state index contributed by atoms with van der Waals surface area (Å²) in [5.74, 6) is 0.491. The van der Waals surface area contributed by atoms with Gasteiger partial charge in [0.05, 0.1) is 25.4 Å². The molecule has 6 atom stereocenters. The smallest absolute Gasteiger partial charge is 0.161 e. The fraction of sp³-hybridized carbons (Fsp3) is 1.00. The summed E-state index contributed by atoms with van der Waals surface area (Å²) in [5, 5.41) is 19.5. The Labute approximate surface area is 76.5 Å². The molecule has 0 unspecified atom stereocenters. The molecule has 74 valence electrons. The van der Waals surface area contributed by atoms with Crippen LogP contribution in [0.15, 0.2) is 0 Å². The van der Waals surface area contributed by atoms with Gasteiger partial charge in [-0.1, -0.05) is 0 Å². The van der Waals surface area contributed by atoms with Gasteiger partial charge in [0.15, 0.2) is 6.29 Å². The van der Waals surface area contributed by atoms with Crippen molar-refractivity contribution < 1.29 is 19.7 Å². The molecule has 3 fully saturated rings. The molecule has 3 aliphatic rings.